The Bertz CT molecular complexity index is 254. The van der Waals surface area contributed by atoms with Crippen molar-refractivity contribution in [1.82, 2.24) is 4.90 Å². The van der Waals surface area contributed by atoms with Gasteiger partial charge in [0.15, 0.2) is 0 Å². The summed E-state index contributed by atoms with van der Waals surface area (Å²) in [6.07, 6.45) is 4.03. The Morgan fingerprint density at radius 3 is 2.42 bits per heavy atom. The van der Waals surface area contributed by atoms with Crippen LogP contribution in [-0.2, 0) is 0 Å². The first-order chi connectivity index (χ1) is 5.41. The van der Waals surface area contributed by atoms with Crippen LogP contribution in [0.1, 0.15) is 27.7 Å². The largest absolute Gasteiger partial charge is 0.328 e. The van der Waals surface area contributed by atoms with E-state index >= 15 is 0 Å². The smallest absolute Gasteiger partial charge is 0.125 e. The van der Waals surface area contributed by atoms with Crippen molar-refractivity contribution in [1.29, 1.82) is 0 Å². The molecule has 0 aromatic rings. The zero-order valence-electron chi connectivity index (χ0n) is 8.26. The predicted octanol–water partition coefficient (Wildman–Crippen LogP) is 2.55. The molecule has 0 aliphatic carbocycles. The first-order valence-corrected chi connectivity index (χ1v) is 4.13. The van der Waals surface area contributed by atoms with Crippen molar-refractivity contribution in [3.05, 3.63) is 24.7 Å². The molecule has 0 saturated heterocycles. The summed E-state index contributed by atoms with van der Waals surface area (Å²) < 4.78 is 0. The number of hydrogen-bond donors (Lipinski definition) is 0. The molecule has 0 radical (unpaired) electrons. The first kappa shape index (κ1) is 9.04. The van der Waals surface area contributed by atoms with Gasteiger partial charge in [-0.3, -0.25) is 0 Å². The zero-order chi connectivity index (χ0) is 9.35. The number of rotatable bonds is 0. The molecule has 0 aromatic carbocycles. The van der Waals surface area contributed by atoms with Gasteiger partial charge in [-0.1, -0.05) is 6.58 Å². The molecule has 0 spiro atoms. The fraction of sp³-hybridized carbons (Fsp3) is 0.500. The van der Waals surface area contributed by atoms with Gasteiger partial charge < -0.3 is 4.90 Å². The highest BCUT2D eigenvalue weighted by molar-refractivity contribution is 5.94. The lowest BCUT2D eigenvalue weighted by molar-refractivity contribution is 0.256. The second-order valence-corrected chi connectivity index (χ2v) is 4.03. The van der Waals surface area contributed by atoms with Crippen molar-refractivity contribution >= 4 is 5.71 Å². The Labute approximate surface area is 74.3 Å². The number of nitrogens with zero attached hydrogens (tertiary/aromatic N) is 2. The molecule has 2 nitrogen and oxygen atoms in total. The van der Waals surface area contributed by atoms with Gasteiger partial charge in [0.25, 0.3) is 0 Å². The Balaban J connectivity index is 2.87. The van der Waals surface area contributed by atoms with Gasteiger partial charge >= 0.3 is 0 Å². The monoisotopic (exact) mass is 164 g/mol. The molecular weight excluding hydrogens is 148 g/mol. The maximum Gasteiger partial charge on any atom is 0.125 e. The average molecular weight is 164 g/mol. The Hall–Kier alpha value is -1.05. The molecule has 0 aromatic heterocycles. The van der Waals surface area contributed by atoms with E-state index in [1.54, 1.807) is 0 Å². The molecule has 1 rings (SSSR count). The summed E-state index contributed by atoms with van der Waals surface area (Å²) in [6, 6.07) is 0. The van der Waals surface area contributed by atoms with Gasteiger partial charge in [0.1, 0.15) is 5.82 Å². The van der Waals surface area contributed by atoms with Crippen LogP contribution in [0.4, 0.5) is 0 Å². The molecule has 0 amide bonds. The number of allylic oxidation sites excluding steroid dienone is 1. The zero-order valence-corrected chi connectivity index (χ0v) is 8.26. The van der Waals surface area contributed by atoms with E-state index < -0.39 is 0 Å². The fourth-order valence-corrected chi connectivity index (χ4v) is 1.17. The van der Waals surface area contributed by atoms with Gasteiger partial charge in [-0.05, 0) is 33.8 Å². The van der Waals surface area contributed by atoms with Gasteiger partial charge in [0.05, 0.1) is 0 Å². The van der Waals surface area contributed by atoms with E-state index in [0.29, 0.717) is 0 Å². The van der Waals surface area contributed by atoms with E-state index in [4.69, 9.17) is 0 Å². The average Bonchev–Trinajstić information content (AvgIpc) is 1.83. The highest BCUT2D eigenvalue weighted by Crippen LogP contribution is 2.22. The summed E-state index contributed by atoms with van der Waals surface area (Å²) in [5.74, 6) is 0.822. The summed E-state index contributed by atoms with van der Waals surface area (Å²) >= 11 is 0. The molecule has 12 heavy (non-hydrogen) atoms. The summed E-state index contributed by atoms with van der Waals surface area (Å²) in [5.41, 5.74) is 1.08. The molecule has 66 valence electrons. The third-order valence-corrected chi connectivity index (χ3v) is 1.77. The SMILES string of the molecule is C=C1N=C(C)C=CN1C(C)(C)C. The van der Waals surface area contributed by atoms with Gasteiger partial charge in [0.2, 0.25) is 0 Å². The van der Waals surface area contributed by atoms with Crippen LogP contribution in [0.3, 0.4) is 0 Å². The van der Waals surface area contributed by atoms with Gasteiger partial charge in [-0.2, -0.15) is 0 Å². The molecule has 2 heteroatoms. The quantitative estimate of drug-likeness (QED) is 0.537. The van der Waals surface area contributed by atoms with E-state index in [1.807, 2.05) is 19.2 Å². The van der Waals surface area contributed by atoms with Gasteiger partial charge in [-0.15, -0.1) is 0 Å². The molecule has 1 aliphatic rings. The number of aliphatic imine (C=N–C) groups is 1. The minimum absolute atomic E-state index is 0.0672. The molecule has 0 unspecified atom stereocenters. The number of hydrogen-bond acceptors (Lipinski definition) is 2. The van der Waals surface area contributed by atoms with Crippen LogP contribution in [0.2, 0.25) is 0 Å². The van der Waals surface area contributed by atoms with Crippen LogP contribution in [0, 0.1) is 0 Å². The molecule has 0 N–H and O–H groups in total. The van der Waals surface area contributed by atoms with Gasteiger partial charge in [-0.25, -0.2) is 4.99 Å². The maximum atomic E-state index is 4.29. The van der Waals surface area contributed by atoms with Crippen LogP contribution < -0.4 is 0 Å². The van der Waals surface area contributed by atoms with Crippen molar-refractivity contribution in [3.8, 4) is 0 Å². The lowest BCUT2D eigenvalue weighted by Crippen LogP contribution is -2.37. The molecular formula is C10H16N2. The summed E-state index contributed by atoms with van der Waals surface area (Å²) in [4.78, 5) is 6.36. The van der Waals surface area contributed by atoms with Crippen molar-refractivity contribution in [2.75, 3.05) is 0 Å². The fourth-order valence-electron chi connectivity index (χ4n) is 1.17. The Morgan fingerprint density at radius 1 is 1.42 bits per heavy atom. The van der Waals surface area contributed by atoms with Crippen molar-refractivity contribution in [3.63, 3.8) is 0 Å². The van der Waals surface area contributed by atoms with Crippen LogP contribution in [0.15, 0.2) is 29.7 Å². The lowest BCUT2D eigenvalue weighted by atomic mass is 10.1. The first-order valence-electron chi connectivity index (χ1n) is 4.13. The highest BCUT2D eigenvalue weighted by atomic mass is 15.3. The summed E-state index contributed by atoms with van der Waals surface area (Å²) in [7, 11) is 0. The maximum absolute atomic E-state index is 4.29. The second-order valence-electron chi connectivity index (χ2n) is 4.03. The lowest BCUT2D eigenvalue weighted by Gasteiger charge is -2.35. The van der Waals surface area contributed by atoms with E-state index in [1.165, 1.54) is 0 Å². The van der Waals surface area contributed by atoms with Crippen molar-refractivity contribution in [2.24, 2.45) is 4.99 Å². The van der Waals surface area contributed by atoms with E-state index in [9.17, 15) is 0 Å². The third kappa shape index (κ3) is 1.76. The molecule has 0 saturated carbocycles. The summed E-state index contributed by atoms with van der Waals surface area (Å²) in [5, 5.41) is 0. The normalized spacial score (nSPS) is 18.2. The third-order valence-electron chi connectivity index (χ3n) is 1.77. The van der Waals surface area contributed by atoms with E-state index in [0.717, 1.165) is 11.5 Å². The second kappa shape index (κ2) is 2.77. The highest BCUT2D eigenvalue weighted by Gasteiger charge is 2.21. The molecule has 0 atom stereocenters. The summed E-state index contributed by atoms with van der Waals surface area (Å²) in [6.45, 7) is 12.3. The van der Waals surface area contributed by atoms with Crippen LogP contribution >= 0.6 is 0 Å². The Kier molecular flexibility index (Phi) is 2.09. The van der Waals surface area contributed by atoms with Crippen molar-refractivity contribution in [2.45, 2.75) is 33.2 Å². The van der Waals surface area contributed by atoms with E-state index in [2.05, 4.69) is 37.2 Å². The van der Waals surface area contributed by atoms with E-state index in [-0.39, 0.29) is 5.54 Å². The topological polar surface area (TPSA) is 15.6 Å². The Morgan fingerprint density at radius 2 is 2.00 bits per heavy atom. The van der Waals surface area contributed by atoms with Crippen molar-refractivity contribution < 1.29 is 0 Å². The van der Waals surface area contributed by atoms with Crippen LogP contribution in [0.25, 0.3) is 0 Å². The minimum Gasteiger partial charge on any atom is -0.328 e. The molecule has 0 fully saturated rings. The van der Waals surface area contributed by atoms with Crippen LogP contribution in [0.5, 0.6) is 0 Å². The predicted molar refractivity (Wildman–Crippen MR) is 53.0 cm³/mol. The minimum atomic E-state index is 0.0672. The van der Waals surface area contributed by atoms with Crippen LogP contribution in [-0.4, -0.2) is 16.2 Å². The van der Waals surface area contributed by atoms with Gasteiger partial charge in [0, 0.05) is 17.5 Å². The molecule has 1 aliphatic heterocycles. The molecule has 0 bridgehead atoms. The molecule has 1 heterocycles. The standard InChI is InChI=1S/C10H16N2/c1-8-6-7-12(9(2)11-8)10(3,4)5/h6-7H,2H2,1,3-5H3.